The summed E-state index contributed by atoms with van der Waals surface area (Å²) < 4.78 is 4.28. The highest BCUT2D eigenvalue weighted by Crippen LogP contribution is 2.24. The highest BCUT2D eigenvalue weighted by molar-refractivity contribution is 9.10. The molecule has 0 amide bonds. The topological polar surface area (TPSA) is 39.3 Å². The van der Waals surface area contributed by atoms with Crippen LogP contribution in [0, 0.1) is 6.92 Å². The fraction of sp³-hybridized carbons (Fsp3) is 0.167. The Morgan fingerprint density at radius 3 is 2.88 bits per heavy atom. The first-order chi connectivity index (χ1) is 8.09. The molecule has 17 heavy (non-hydrogen) atoms. The van der Waals surface area contributed by atoms with E-state index in [1.54, 1.807) is 22.3 Å². The Bertz CT molecular complexity index is 801. The van der Waals surface area contributed by atoms with Crippen molar-refractivity contribution in [1.82, 2.24) is 14.2 Å². The molecule has 86 valence electrons. The number of rotatable bonds is 0. The molecule has 3 aromatic rings. The maximum absolute atomic E-state index is 12.2. The van der Waals surface area contributed by atoms with E-state index < -0.39 is 0 Å². The molecule has 0 aliphatic rings. The van der Waals surface area contributed by atoms with Crippen LogP contribution in [0.15, 0.2) is 33.7 Å². The van der Waals surface area contributed by atoms with Gasteiger partial charge in [-0.3, -0.25) is 9.36 Å². The molecular formula is C12H10BrN3O. The second-order valence-electron chi connectivity index (χ2n) is 4.11. The molecule has 0 radical (unpaired) electrons. The van der Waals surface area contributed by atoms with Gasteiger partial charge >= 0.3 is 0 Å². The van der Waals surface area contributed by atoms with Gasteiger partial charge in [-0.15, -0.1) is 0 Å². The first-order valence-corrected chi connectivity index (χ1v) is 6.01. The minimum absolute atomic E-state index is 0.00241. The summed E-state index contributed by atoms with van der Waals surface area (Å²) in [6, 6.07) is 5.71. The van der Waals surface area contributed by atoms with E-state index in [1.165, 1.54) is 0 Å². The van der Waals surface area contributed by atoms with Crippen LogP contribution in [0.1, 0.15) is 5.56 Å². The third kappa shape index (κ3) is 1.35. The number of nitrogens with zero attached hydrogens (tertiary/aromatic N) is 3. The SMILES string of the molecule is Cc1cc(Br)c2c(c1)c(=O)n(C)c1ccnn21. The molecule has 0 saturated heterocycles. The molecule has 2 aromatic heterocycles. The van der Waals surface area contributed by atoms with Crippen molar-refractivity contribution < 1.29 is 0 Å². The highest BCUT2D eigenvalue weighted by atomic mass is 79.9. The molecule has 1 aromatic carbocycles. The minimum atomic E-state index is -0.00241. The van der Waals surface area contributed by atoms with Gasteiger partial charge in [0.2, 0.25) is 0 Å². The van der Waals surface area contributed by atoms with Gasteiger partial charge in [0.1, 0.15) is 5.65 Å². The molecule has 0 aliphatic carbocycles. The van der Waals surface area contributed by atoms with E-state index in [0.717, 1.165) is 21.2 Å². The lowest BCUT2D eigenvalue weighted by Crippen LogP contribution is -2.20. The monoisotopic (exact) mass is 291 g/mol. The zero-order valence-corrected chi connectivity index (χ0v) is 11.0. The third-order valence-corrected chi connectivity index (χ3v) is 3.53. The summed E-state index contributed by atoms with van der Waals surface area (Å²) in [5.74, 6) is 0. The molecule has 0 saturated carbocycles. The van der Waals surface area contributed by atoms with Gasteiger partial charge in [0.15, 0.2) is 0 Å². The number of hydrogen-bond donors (Lipinski definition) is 0. The zero-order valence-electron chi connectivity index (χ0n) is 9.44. The molecular weight excluding hydrogens is 282 g/mol. The van der Waals surface area contributed by atoms with Gasteiger partial charge in [0, 0.05) is 17.6 Å². The summed E-state index contributed by atoms with van der Waals surface area (Å²) in [7, 11) is 1.76. The molecule has 0 spiro atoms. The van der Waals surface area contributed by atoms with Gasteiger partial charge in [0.25, 0.3) is 5.56 Å². The van der Waals surface area contributed by atoms with Crippen LogP contribution in [0.25, 0.3) is 16.6 Å². The Balaban J connectivity index is 2.75. The molecule has 2 heterocycles. The Kier molecular flexibility index (Phi) is 2.13. The second-order valence-corrected chi connectivity index (χ2v) is 4.96. The van der Waals surface area contributed by atoms with Crippen LogP contribution in [0.4, 0.5) is 0 Å². The average Bonchev–Trinajstić information content (AvgIpc) is 2.73. The summed E-state index contributed by atoms with van der Waals surface area (Å²) in [4.78, 5) is 12.2. The fourth-order valence-electron chi connectivity index (χ4n) is 2.12. The lowest BCUT2D eigenvalue weighted by atomic mass is 10.1. The normalized spacial score (nSPS) is 11.5. The van der Waals surface area contributed by atoms with Crippen LogP contribution in [-0.4, -0.2) is 14.2 Å². The van der Waals surface area contributed by atoms with Gasteiger partial charge in [-0.1, -0.05) is 0 Å². The van der Waals surface area contributed by atoms with Crippen LogP contribution >= 0.6 is 15.9 Å². The molecule has 5 heteroatoms. The smallest absolute Gasteiger partial charge is 0.261 e. The first-order valence-electron chi connectivity index (χ1n) is 5.22. The largest absolute Gasteiger partial charge is 0.296 e. The average molecular weight is 292 g/mol. The molecule has 0 bridgehead atoms. The zero-order chi connectivity index (χ0) is 12.2. The molecule has 0 aliphatic heterocycles. The van der Waals surface area contributed by atoms with Crippen LogP contribution in [0.5, 0.6) is 0 Å². The summed E-state index contributed by atoms with van der Waals surface area (Å²) in [6.45, 7) is 1.97. The van der Waals surface area contributed by atoms with E-state index in [2.05, 4.69) is 21.0 Å². The Labute approximate surface area is 106 Å². The Morgan fingerprint density at radius 2 is 2.12 bits per heavy atom. The van der Waals surface area contributed by atoms with Crippen LogP contribution in [-0.2, 0) is 7.05 Å². The summed E-state index contributed by atoms with van der Waals surface area (Å²) >= 11 is 3.50. The third-order valence-electron chi connectivity index (χ3n) is 2.92. The molecule has 0 atom stereocenters. The molecule has 0 fully saturated rings. The number of aromatic nitrogens is 3. The number of benzene rings is 1. The summed E-state index contributed by atoms with van der Waals surface area (Å²) in [6.07, 6.45) is 1.69. The quantitative estimate of drug-likeness (QED) is 0.637. The Morgan fingerprint density at radius 1 is 1.35 bits per heavy atom. The summed E-state index contributed by atoms with van der Waals surface area (Å²) in [5, 5.41) is 4.94. The van der Waals surface area contributed by atoms with E-state index >= 15 is 0 Å². The highest BCUT2D eigenvalue weighted by Gasteiger charge is 2.11. The maximum Gasteiger partial charge on any atom is 0.261 e. The number of fused-ring (bicyclic) bond motifs is 3. The Hall–Kier alpha value is -1.62. The van der Waals surface area contributed by atoms with Gasteiger partial charge < -0.3 is 0 Å². The number of hydrogen-bond acceptors (Lipinski definition) is 2. The van der Waals surface area contributed by atoms with E-state index in [4.69, 9.17) is 0 Å². The predicted octanol–water partition coefficient (Wildman–Crippen LogP) is 2.26. The fourth-order valence-corrected chi connectivity index (χ4v) is 2.86. The lowest BCUT2D eigenvalue weighted by Gasteiger charge is -2.08. The molecule has 0 N–H and O–H groups in total. The first kappa shape index (κ1) is 10.5. The van der Waals surface area contributed by atoms with Gasteiger partial charge in [0.05, 0.1) is 17.1 Å². The predicted molar refractivity (Wildman–Crippen MR) is 70.4 cm³/mol. The van der Waals surface area contributed by atoms with Crippen LogP contribution < -0.4 is 5.56 Å². The van der Waals surface area contributed by atoms with Gasteiger partial charge in [-0.05, 0) is 40.5 Å². The molecule has 3 rings (SSSR count). The van der Waals surface area contributed by atoms with Gasteiger partial charge in [-0.2, -0.15) is 5.10 Å². The van der Waals surface area contributed by atoms with Crippen molar-refractivity contribution in [2.24, 2.45) is 7.05 Å². The van der Waals surface area contributed by atoms with Crippen molar-refractivity contribution >= 4 is 32.5 Å². The van der Waals surface area contributed by atoms with Gasteiger partial charge in [-0.25, -0.2) is 4.52 Å². The van der Waals surface area contributed by atoms with Crippen molar-refractivity contribution in [2.45, 2.75) is 6.92 Å². The van der Waals surface area contributed by atoms with E-state index in [9.17, 15) is 4.79 Å². The lowest BCUT2D eigenvalue weighted by molar-refractivity contribution is 0.848. The number of halogens is 1. The van der Waals surface area contributed by atoms with Crippen LogP contribution in [0.3, 0.4) is 0 Å². The van der Waals surface area contributed by atoms with Crippen molar-refractivity contribution in [3.05, 3.63) is 44.8 Å². The van der Waals surface area contributed by atoms with Crippen molar-refractivity contribution in [1.29, 1.82) is 0 Å². The van der Waals surface area contributed by atoms with Crippen LogP contribution in [0.2, 0.25) is 0 Å². The van der Waals surface area contributed by atoms with Crippen molar-refractivity contribution in [3.63, 3.8) is 0 Å². The van der Waals surface area contributed by atoms with E-state index in [-0.39, 0.29) is 5.56 Å². The van der Waals surface area contributed by atoms with E-state index in [1.807, 2.05) is 25.1 Å². The maximum atomic E-state index is 12.2. The minimum Gasteiger partial charge on any atom is -0.296 e. The van der Waals surface area contributed by atoms with Crippen molar-refractivity contribution in [3.8, 4) is 0 Å². The summed E-state index contributed by atoms with van der Waals surface area (Å²) in [5.41, 5.74) is 2.65. The second kappa shape index (κ2) is 3.43. The van der Waals surface area contributed by atoms with E-state index in [0.29, 0.717) is 5.39 Å². The molecule has 4 nitrogen and oxygen atoms in total. The molecule has 0 unspecified atom stereocenters. The van der Waals surface area contributed by atoms with Crippen molar-refractivity contribution in [2.75, 3.05) is 0 Å². The number of aryl methyl sites for hydroxylation is 2. The standard InChI is InChI=1S/C12H10BrN3O/c1-7-5-8-11(9(13)6-7)16-10(3-4-14-16)15(2)12(8)17/h3-6H,1-2H3.